The number of nitrogens with zero attached hydrogens (tertiary/aromatic N) is 3. The second kappa shape index (κ2) is 8.35. The van der Waals surface area contributed by atoms with Gasteiger partial charge in [0.1, 0.15) is 6.04 Å². The monoisotopic (exact) mass is 464 g/mol. The first kappa shape index (κ1) is 20.1. The van der Waals surface area contributed by atoms with E-state index in [1.165, 1.54) is 0 Å². The molecule has 2 aromatic carbocycles. The number of benzene rings is 2. The summed E-state index contributed by atoms with van der Waals surface area (Å²) in [5.74, 6) is 0. The lowest BCUT2D eigenvalue weighted by Gasteiger charge is -2.29. The Bertz CT molecular complexity index is 1230. The van der Waals surface area contributed by atoms with E-state index >= 15 is 0 Å². The molecule has 0 aliphatic carbocycles. The Morgan fingerprint density at radius 2 is 1.71 bits per heavy atom. The molecule has 0 radical (unpaired) electrons. The van der Waals surface area contributed by atoms with E-state index < -0.39 is 0 Å². The SMILES string of the molecule is S=C1N[C@H](c2ccccn2)[C@H](c2cccn2-c2ccc(Cl)cc2Cl)N1c1ccccc1. The lowest BCUT2D eigenvalue weighted by molar-refractivity contribution is 0.549. The molecule has 4 aromatic rings. The van der Waals surface area contributed by atoms with Crippen LogP contribution in [0.3, 0.4) is 0 Å². The van der Waals surface area contributed by atoms with Gasteiger partial charge in [0.2, 0.25) is 0 Å². The average molecular weight is 465 g/mol. The van der Waals surface area contributed by atoms with Crippen molar-refractivity contribution in [2.45, 2.75) is 12.1 Å². The molecule has 1 aliphatic rings. The van der Waals surface area contributed by atoms with Gasteiger partial charge in [0.15, 0.2) is 5.11 Å². The number of hydrogen-bond donors (Lipinski definition) is 1. The van der Waals surface area contributed by atoms with Gasteiger partial charge in [-0.05, 0) is 66.8 Å². The van der Waals surface area contributed by atoms with Crippen LogP contribution in [0.25, 0.3) is 5.69 Å². The Hall–Kier alpha value is -2.86. The number of thiocarbonyl (C=S) groups is 1. The number of para-hydroxylation sites is 1. The van der Waals surface area contributed by atoms with Crippen molar-refractivity contribution in [3.8, 4) is 5.69 Å². The third-order valence-corrected chi connectivity index (χ3v) is 6.24. The quantitative estimate of drug-likeness (QED) is 0.356. The Balaban J connectivity index is 1.68. The molecule has 2 atom stereocenters. The molecule has 31 heavy (non-hydrogen) atoms. The number of aromatic nitrogens is 2. The molecule has 5 rings (SSSR count). The summed E-state index contributed by atoms with van der Waals surface area (Å²) >= 11 is 18.5. The average Bonchev–Trinajstić information content (AvgIpc) is 3.39. The van der Waals surface area contributed by atoms with Crippen LogP contribution in [-0.2, 0) is 0 Å². The highest BCUT2D eigenvalue weighted by molar-refractivity contribution is 7.80. The lowest BCUT2D eigenvalue weighted by atomic mass is 10.0. The van der Waals surface area contributed by atoms with Gasteiger partial charge in [-0.25, -0.2) is 0 Å². The first-order valence-corrected chi connectivity index (χ1v) is 11.0. The van der Waals surface area contributed by atoms with Crippen LogP contribution in [0, 0.1) is 0 Å². The number of rotatable bonds is 4. The molecule has 0 spiro atoms. The van der Waals surface area contributed by atoms with E-state index in [0.29, 0.717) is 15.2 Å². The number of halogens is 2. The van der Waals surface area contributed by atoms with Crippen LogP contribution < -0.4 is 10.2 Å². The standard InChI is InChI=1S/C24H18Cl2N4S/c25-16-11-12-20(18(26)15-16)29-14-6-10-21(29)23-22(19-9-4-5-13-27-19)28-24(31)30(23)17-7-2-1-3-8-17/h1-15,22-23H,(H,28,31)/t22-,23+/m1/s1. The summed E-state index contributed by atoms with van der Waals surface area (Å²) in [5, 5.41) is 5.32. The predicted octanol–water partition coefficient (Wildman–Crippen LogP) is 6.36. The third-order valence-electron chi connectivity index (χ3n) is 5.39. The molecule has 1 aliphatic heterocycles. The Kier molecular flexibility index (Phi) is 5.40. The Morgan fingerprint density at radius 3 is 2.45 bits per heavy atom. The zero-order chi connectivity index (χ0) is 21.4. The fraction of sp³-hybridized carbons (Fsp3) is 0.0833. The van der Waals surface area contributed by atoms with Crippen molar-refractivity contribution >= 4 is 46.2 Å². The van der Waals surface area contributed by atoms with E-state index in [-0.39, 0.29) is 12.1 Å². The second-order valence-electron chi connectivity index (χ2n) is 7.23. The molecule has 0 bridgehead atoms. The molecule has 1 N–H and O–H groups in total. The lowest BCUT2D eigenvalue weighted by Crippen LogP contribution is -2.30. The normalized spacial score (nSPS) is 18.3. The molecular formula is C24H18Cl2N4S. The molecule has 1 saturated heterocycles. The van der Waals surface area contributed by atoms with Crippen LogP contribution in [0.4, 0.5) is 5.69 Å². The number of nitrogens with one attached hydrogen (secondary N) is 1. The number of anilines is 1. The predicted molar refractivity (Wildman–Crippen MR) is 130 cm³/mol. The summed E-state index contributed by atoms with van der Waals surface area (Å²) in [7, 11) is 0. The van der Waals surface area contributed by atoms with Crippen molar-refractivity contribution in [1.29, 1.82) is 0 Å². The third kappa shape index (κ3) is 3.69. The zero-order valence-electron chi connectivity index (χ0n) is 16.3. The summed E-state index contributed by atoms with van der Waals surface area (Å²) in [6.45, 7) is 0. The maximum atomic E-state index is 6.56. The fourth-order valence-electron chi connectivity index (χ4n) is 4.05. The zero-order valence-corrected chi connectivity index (χ0v) is 18.6. The van der Waals surface area contributed by atoms with Gasteiger partial charge in [-0.15, -0.1) is 0 Å². The number of pyridine rings is 1. The molecule has 1 fully saturated rings. The molecule has 154 valence electrons. The second-order valence-corrected chi connectivity index (χ2v) is 8.46. The summed E-state index contributed by atoms with van der Waals surface area (Å²) in [4.78, 5) is 6.76. The molecule has 2 aromatic heterocycles. The first-order chi connectivity index (χ1) is 15.1. The number of hydrogen-bond acceptors (Lipinski definition) is 2. The van der Waals surface area contributed by atoms with Crippen molar-refractivity contribution in [3.05, 3.63) is 113 Å². The Morgan fingerprint density at radius 1 is 0.903 bits per heavy atom. The summed E-state index contributed by atoms with van der Waals surface area (Å²) < 4.78 is 2.09. The van der Waals surface area contributed by atoms with E-state index in [1.54, 1.807) is 12.3 Å². The van der Waals surface area contributed by atoms with E-state index in [4.69, 9.17) is 35.4 Å². The van der Waals surface area contributed by atoms with E-state index in [9.17, 15) is 0 Å². The van der Waals surface area contributed by atoms with Crippen molar-refractivity contribution in [2.75, 3.05) is 4.90 Å². The van der Waals surface area contributed by atoms with Gasteiger partial charge < -0.3 is 14.8 Å². The van der Waals surface area contributed by atoms with Gasteiger partial charge in [-0.3, -0.25) is 4.98 Å². The fourth-order valence-corrected chi connectivity index (χ4v) is 4.90. The van der Waals surface area contributed by atoms with Gasteiger partial charge in [0.05, 0.1) is 22.4 Å². The molecule has 0 amide bonds. The van der Waals surface area contributed by atoms with Gasteiger partial charge in [0, 0.05) is 28.8 Å². The van der Waals surface area contributed by atoms with E-state index in [0.717, 1.165) is 22.8 Å². The molecular weight excluding hydrogens is 447 g/mol. The van der Waals surface area contributed by atoms with Crippen LogP contribution in [0.15, 0.2) is 91.3 Å². The van der Waals surface area contributed by atoms with Gasteiger partial charge in [-0.2, -0.15) is 0 Å². The van der Waals surface area contributed by atoms with Crippen LogP contribution in [-0.4, -0.2) is 14.7 Å². The molecule has 0 saturated carbocycles. The minimum Gasteiger partial charge on any atom is -0.351 e. The largest absolute Gasteiger partial charge is 0.351 e. The van der Waals surface area contributed by atoms with Crippen molar-refractivity contribution < 1.29 is 0 Å². The topological polar surface area (TPSA) is 33.1 Å². The van der Waals surface area contributed by atoms with Crippen LogP contribution in [0.5, 0.6) is 0 Å². The summed E-state index contributed by atoms with van der Waals surface area (Å²) in [5.41, 5.74) is 3.83. The van der Waals surface area contributed by atoms with Crippen molar-refractivity contribution in [2.24, 2.45) is 0 Å². The van der Waals surface area contributed by atoms with E-state index in [1.807, 2.05) is 60.8 Å². The Labute approximate surface area is 196 Å². The highest BCUT2D eigenvalue weighted by Crippen LogP contribution is 2.42. The summed E-state index contributed by atoms with van der Waals surface area (Å²) in [6.07, 6.45) is 3.81. The smallest absolute Gasteiger partial charge is 0.174 e. The minimum absolute atomic E-state index is 0.131. The highest BCUT2D eigenvalue weighted by atomic mass is 35.5. The molecule has 4 nitrogen and oxygen atoms in total. The van der Waals surface area contributed by atoms with Gasteiger partial charge in [0.25, 0.3) is 0 Å². The maximum absolute atomic E-state index is 6.56. The molecule has 7 heteroatoms. The van der Waals surface area contributed by atoms with Crippen LogP contribution in [0.2, 0.25) is 10.0 Å². The maximum Gasteiger partial charge on any atom is 0.174 e. The highest BCUT2D eigenvalue weighted by Gasteiger charge is 2.42. The van der Waals surface area contributed by atoms with Gasteiger partial charge >= 0.3 is 0 Å². The first-order valence-electron chi connectivity index (χ1n) is 9.82. The molecule has 0 unspecified atom stereocenters. The van der Waals surface area contributed by atoms with Crippen molar-refractivity contribution in [3.63, 3.8) is 0 Å². The van der Waals surface area contributed by atoms with Crippen LogP contribution >= 0.6 is 35.4 Å². The minimum atomic E-state index is -0.133. The van der Waals surface area contributed by atoms with Crippen LogP contribution in [0.1, 0.15) is 23.5 Å². The van der Waals surface area contributed by atoms with E-state index in [2.05, 4.69) is 38.0 Å². The van der Waals surface area contributed by atoms with Gasteiger partial charge in [-0.1, -0.05) is 47.5 Å². The summed E-state index contributed by atoms with van der Waals surface area (Å²) in [6, 6.07) is 25.4. The molecule has 3 heterocycles. The van der Waals surface area contributed by atoms with Crippen molar-refractivity contribution in [1.82, 2.24) is 14.9 Å².